The lowest BCUT2D eigenvalue weighted by Gasteiger charge is -2.17. The van der Waals surface area contributed by atoms with Crippen molar-refractivity contribution in [2.75, 3.05) is 6.54 Å². The van der Waals surface area contributed by atoms with Crippen molar-refractivity contribution in [2.45, 2.75) is 26.0 Å². The van der Waals surface area contributed by atoms with E-state index in [-0.39, 0.29) is 30.8 Å². The molecule has 0 bridgehead atoms. The topological polar surface area (TPSA) is 105 Å². The van der Waals surface area contributed by atoms with Gasteiger partial charge in [-0.3, -0.25) is 4.98 Å². The Bertz CT molecular complexity index is 347. The number of halogens is 1. The molecule has 1 heterocycles. The smallest absolute Gasteiger partial charge is 0.141 e. The van der Waals surface area contributed by atoms with E-state index in [4.69, 9.17) is 16.6 Å². The Morgan fingerprint density at radius 1 is 1.50 bits per heavy atom. The van der Waals surface area contributed by atoms with E-state index < -0.39 is 0 Å². The maximum atomic E-state index is 9.81. The van der Waals surface area contributed by atoms with Crippen molar-refractivity contribution < 1.29 is 10.2 Å². The maximum Gasteiger partial charge on any atom is 0.141 e. The van der Waals surface area contributed by atoms with Crippen molar-refractivity contribution in [1.82, 2.24) is 4.98 Å². The molecule has 0 saturated carbocycles. The molecule has 6 heteroatoms. The van der Waals surface area contributed by atoms with Crippen molar-refractivity contribution in [3.8, 4) is 5.75 Å². The van der Waals surface area contributed by atoms with E-state index in [0.717, 1.165) is 0 Å². The Balaban J connectivity index is 0.00000225. The van der Waals surface area contributed by atoms with E-state index in [1.165, 1.54) is 6.20 Å². The summed E-state index contributed by atoms with van der Waals surface area (Å²) in [5.74, 6) is 0.0579. The molecule has 6 N–H and O–H groups in total. The summed E-state index contributed by atoms with van der Waals surface area (Å²) in [6, 6.07) is -0.362. The number of aryl methyl sites for hydroxylation is 1. The van der Waals surface area contributed by atoms with Crippen LogP contribution in [0.2, 0.25) is 0 Å². The molecule has 0 fully saturated rings. The normalized spacial score (nSPS) is 12.0. The number of rotatable bonds is 4. The number of hydrogen-bond donors (Lipinski definition) is 4. The van der Waals surface area contributed by atoms with E-state index in [1.54, 1.807) is 6.92 Å². The van der Waals surface area contributed by atoms with E-state index in [0.29, 0.717) is 29.8 Å². The van der Waals surface area contributed by atoms with E-state index >= 15 is 0 Å². The zero-order chi connectivity index (χ0) is 11.4. The largest absolute Gasteiger partial charge is 0.506 e. The number of aliphatic hydroxyl groups is 1. The van der Waals surface area contributed by atoms with Crippen molar-refractivity contribution in [2.24, 2.45) is 11.5 Å². The molecule has 0 spiro atoms. The summed E-state index contributed by atoms with van der Waals surface area (Å²) in [5, 5.41) is 18.9. The first-order chi connectivity index (χ1) is 7.11. The SMILES string of the molecule is Cc1ncc(CO)c([C@H](N)CCN)c1O.Cl. The number of hydrogen-bond acceptors (Lipinski definition) is 5. The molecule has 5 nitrogen and oxygen atoms in total. The monoisotopic (exact) mass is 247 g/mol. The fourth-order valence-electron chi connectivity index (χ4n) is 1.52. The number of aromatic hydroxyl groups is 1. The first-order valence-electron chi connectivity index (χ1n) is 4.85. The van der Waals surface area contributed by atoms with E-state index in [2.05, 4.69) is 4.98 Å². The second kappa shape index (κ2) is 6.65. The first-order valence-corrected chi connectivity index (χ1v) is 4.85. The quantitative estimate of drug-likeness (QED) is 0.615. The van der Waals surface area contributed by atoms with E-state index in [9.17, 15) is 5.11 Å². The fraction of sp³-hybridized carbons (Fsp3) is 0.500. The van der Waals surface area contributed by atoms with Gasteiger partial charge < -0.3 is 21.7 Å². The number of nitrogens with two attached hydrogens (primary N) is 2. The lowest BCUT2D eigenvalue weighted by Crippen LogP contribution is -2.18. The summed E-state index contributed by atoms with van der Waals surface area (Å²) < 4.78 is 0. The molecule has 1 aromatic heterocycles. The lowest BCUT2D eigenvalue weighted by atomic mass is 9.98. The highest BCUT2D eigenvalue weighted by Gasteiger charge is 2.17. The molecule has 1 atom stereocenters. The molecule has 92 valence electrons. The highest BCUT2D eigenvalue weighted by Crippen LogP contribution is 2.29. The van der Waals surface area contributed by atoms with Crippen LogP contribution >= 0.6 is 12.4 Å². The van der Waals surface area contributed by atoms with Crippen LogP contribution in [0.4, 0.5) is 0 Å². The Morgan fingerprint density at radius 2 is 2.12 bits per heavy atom. The van der Waals surface area contributed by atoms with Gasteiger partial charge in [0.15, 0.2) is 0 Å². The van der Waals surface area contributed by atoms with Gasteiger partial charge >= 0.3 is 0 Å². The van der Waals surface area contributed by atoms with Crippen molar-refractivity contribution in [3.63, 3.8) is 0 Å². The van der Waals surface area contributed by atoms with Crippen LogP contribution in [0, 0.1) is 6.92 Å². The standard InChI is InChI=1S/C10H17N3O2.ClH/c1-6-10(15)9(8(12)2-3-11)7(5-14)4-13-6;/h4,8,14-15H,2-3,5,11-12H2,1H3;1H/t8-;/m1./s1. The summed E-state index contributed by atoms with van der Waals surface area (Å²) in [4.78, 5) is 3.96. The van der Waals surface area contributed by atoms with Crippen LogP contribution in [0.3, 0.4) is 0 Å². The molecule has 0 aliphatic rings. The second-order valence-corrected chi connectivity index (χ2v) is 3.47. The van der Waals surface area contributed by atoms with E-state index in [1.807, 2.05) is 0 Å². The van der Waals surface area contributed by atoms with Gasteiger partial charge in [0.25, 0.3) is 0 Å². The molecule has 16 heavy (non-hydrogen) atoms. The Labute approximate surface area is 101 Å². The van der Waals surface area contributed by atoms with Crippen LogP contribution in [0.15, 0.2) is 6.20 Å². The number of aliphatic hydroxyl groups excluding tert-OH is 1. The highest BCUT2D eigenvalue weighted by molar-refractivity contribution is 5.85. The molecule has 0 amide bonds. The molecule has 0 aliphatic heterocycles. The molecule has 1 aromatic rings. The van der Waals surface area contributed by atoms with Crippen molar-refractivity contribution in [3.05, 3.63) is 23.0 Å². The molecule has 0 aliphatic carbocycles. The van der Waals surface area contributed by atoms with Crippen molar-refractivity contribution in [1.29, 1.82) is 0 Å². The highest BCUT2D eigenvalue weighted by atomic mass is 35.5. The van der Waals surface area contributed by atoms with Crippen LogP contribution in [0.25, 0.3) is 0 Å². The summed E-state index contributed by atoms with van der Waals surface area (Å²) in [6.45, 7) is 1.94. The van der Waals surface area contributed by atoms with Crippen LogP contribution in [-0.2, 0) is 6.61 Å². The predicted octanol–water partition coefficient (Wildman–Crippen LogP) is 0.358. The van der Waals surface area contributed by atoms with Crippen LogP contribution in [0.5, 0.6) is 5.75 Å². The van der Waals surface area contributed by atoms with Crippen LogP contribution < -0.4 is 11.5 Å². The fourth-order valence-corrected chi connectivity index (χ4v) is 1.52. The molecule has 0 unspecified atom stereocenters. The third-order valence-electron chi connectivity index (χ3n) is 2.38. The van der Waals surface area contributed by atoms with Gasteiger partial charge in [0, 0.05) is 23.4 Å². The van der Waals surface area contributed by atoms with Gasteiger partial charge in [-0.15, -0.1) is 12.4 Å². The Hall–Kier alpha value is -0.880. The second-order valence-electron chi connectivity index (χ2n) is 3.47. The Morgan fingerprint density at radius 3 is 2.62 bits per heavy atom. The first kappa shape index (κ1) is 15.1. The summed E-state index contributed by atoms with van der Waals surface area (Å²) >= 11 is 0. The predicted molar refractivity (Wildman–Crippen MR) is 64.4 cm³/mol. The molecular formula is C10H18ClN3O2. The summed E-state index contributed by atoms with van der Waals surface area (Å²) in [5.41, 5.74) is 12.9. The van der Waals surface area contributed by atoms with Gasteiger partial charge in [0.1, 0.15) is 5.75 Å². The Kier molecular flexibility index (Phi) is 6.28. The molecular weight excluding hydrogens is 230 g/mol. The third-order valence-corrected chi connectivity index (χ3v) is 2.38. The minimum Gasteiger partial charge on any atom is -0.506 e. The molecule has 0 aromatic carbocycles. The zero-order valence-electron chi connectivity index (χ0n) is 9.18. The van der Waals surface area contributed by atoms with Gasteiger partial charge in [-0.2, -0.15) is 0 Å². The van der Waals surface area contributed by atoms with Crippen LogP contribution in [-0.4, -0.2) is 21.7 Å². The summed E-state index contributed by atoms with van der Waals surface area (Å²) in [7, 11) is 0. The molecule has 0 saturated heterocycles. The maximum absolute atomic E-state index is 9.81. The third kappa shape index (κ3) is 3.05. The van der Waals surface area contributed by atoms with Crippen LogP contribution in [0.1, 0.15) is 29.3 Å². The van der Waals surface area contributed by atoms with Gasteiger partial charge in [0.2, 0.25) is 0 Å². The van der Waals surface area contributed by atoms with Gasteiger partial charge in [-0.05, 0) is 19.9 Å². The zero-order valence-corrected chi connectivity index (χ0v) is 10.00. The average Bonchev–Trinajstić information content (AvgIpc) is 2.22. The minimum absolute atomic E-state index is 0. The minimum atomic E-state index is -0.362. The average molecular weight is 248 g/mol. The number of nitrogens with zero attached hydrogens (tertiary/aromatic N) is 1. The number of pyridine rings is 1. The molecule has 0 radical (unpaired) electrons. The van der Waals surface area contributed by atoms with Gasteiger partial charge in [0.05, 0.1) is 12.3 Å². The van der Waals surface area contributed by atoms with Gasteiger partial charge in [-0.1, -0.05) is 0 Å². The lowest BCUT2D eigenvalue weighted by molar-refractivity contribution is 0.277. The van der Waals surface area contributed by atoms with Crippen molar-refractivity contribution >= 4 is 12.4 Å². The van der Waals surface area contributed by atoms with Gasteiger partial charge in [-0.25, -0.2) is 0 Å². The summed E-state index contributed by atoms with van der Waals surface area (Å²) in [6.07, 6.45) is 2.09. The number of aromatic nitrogens is 1. The molecule has 1 rings (SSSR count).